The van der Waals surface area contributed by atoms with Crippen LogP contribution in [0.1, 0.15) is 5.69 Å². The number of hydrogen-bond acceptors (Lipinski definition) is 10. The fourth-order valence-electron chi connectivity index (χ4n) is 2.82. The molecule has 0 amide bonds. The van der Waals surface area contributed by atoms with Gasteiger partial charge in [-0.3, -0.25) is 4.98 Å². The quantitative estimate of drug-likeness (QED) is 0.591. The number of rotatable bonds is 5. The van der Waals surface area contributed by atoms with Gasteiger partial charge >= 0.3 is 0 Å². The molecule has 1 N–H and O–H groups in total. The van der Waals surface area contributed by atoms with E-state index in [9.17, 15) is 0 Å². The van der Waals surface area contributed by atoms with Crippen LogP contribution >= 0.6 is 0 Å². The summed E-state index contributed by atoms with van der Waals surface area (Å²) in [6.45, 7) is 5.68. The number of morpholine rings is 2. The van der Waals surface area contributed by atoms with Gasteiger partial charge in [-0.1, -0.05) is 6.07 Å². The van der Waals surface area contributed by atoms with Gasteiger partial charge in [0.25, 0.3) is 0 Å². The van der Waals surface area contributed by atoms with Crippen molar-refractivity contribution < 1.29 is 9.47 Å². The van der Waals surface area contributed by atoms with Crippen molar-refractivity contribution in [3.8, 4) is 0 Å². The minimum Gasteiger partial charge on any atom is -0.378 e. The van der Waals surface area contributed by atoms with Gasteiger partial charge < -0.3 is 19.3 Å². The molecule has 10 heteroatoms. The maximum absolute atomic E-state index is 5.43. The molecule has 4 rings (SSSR count). The molecule has 2 fully saturated rings. The van der Waals surface area contributed by atoms with Gasteiger partial charge in [0.1, 0.15) is 0 Å². The first-order valence-corrected chi connectivity index (χ1v) is 9.00. The summed E-state index contributed by atoms with van der Waals surface area (Å²) in [5.41, 5.74) is 3.65. The fourth-order valence-corrected chi connectivity index (χ4v) is 2.82. The highest BCUT2D eigenvalue weighted by molar-refractivity contribution is 5.77. The Morgan fingerprint density at radius 3 is 2.07 bits per heavy atom. The summed E-state index contributed by atoms with van der Waals surface area (Å²) < 4.78 is 10.9. The van der Waals surface area contributed by atoms with Crippen molar-refractivity contribution in [2.45, 2.75) is 0 Å². The summed E-state index contributed by atoms with van der Waals surface area (Å²) in [6, 6.07) is 5.64. The van der Waals surface area contributed by atoms with Crippen LogP contribution in [0.15, 0.2) is 29.5 Å². The number of ether oxygens (including phenoxy) is 2. The van der Waals surface area contributed by atoms with E-state index in [1.165, 1.54) is 0 Å². The molecule has 0 aliphatic carbocycles. The topological polar surface area (TPSA) is 101 Å². The second-order valence-electron chi connectivity index (χ2n) is 6.08. The zero-order valence-corrected chi connectivity index (χ0v) is 15.0. The monoisotopic (exact) mass is 370 g/mol. The highest BCUT2D eigenvalue weighted by Crippen LogP contribution is 2.18. The van der Waals surface area contributed by atoms with Gasteiger partial charge in [0.15, 0.2) is 0 Å². The third-order valence-corrected chi connectivity index (χ3v) is 4.25. The third kappa shape index (κ3) is 4.66. The van der Waals surface area contributed by atoms with Gasteiger partial charge in [0, 0.05) is 32.4 Å². The first-order chi connectivity index (χ1) is 13.4. The summed E-state index contributed by atoms with van der Waals surface area (Å²) >= 11 is 0. The van der Waals surface area contributed by atoms with E-state index >= 15 is 0 Å². The average molecular weight is 370 g/mol. The van der Waals surface area contributed by atoms with E-state index in [0.717, 1.165) is 31.9 Å². The maximum Gasteiger partial charge on any atom is 0.250 e. The van der Waals surface area contributed by atoms with Crippen LogP contribution in [-0.2, 0) is 9.47 Å². The van der Waals surface area contributed by atoms with E-state index in [4.69, 9.17) is 9.47 Å². The average Bonchev–Trinajstić information content (AvgIpc) is 2.76. The van der Waals surface area contributed by atoms with Crippen molar-refractivity contribution in [1.82, 2.24) is 19.9 Å². The minimum absolute atomic E-state index is 0.403. The Morgan fingerprint density at radius 2 is 1.52 bits per heavy atom. The number of aromatic nitrogens is 4. The molecule has 0 atom stereocenters. The lowest BCUT2D eigenvalue weighted by Crippen LogP contribution is -2.40. The van der Waals surface area contributed by atoms with Crippen molar-refractivity contribution in [3.63, 3.8) is 0 Å². The smallest absolute Gasteiger partial charge is 0.250 e. The van der Waals surface area contributed by atoms with Crippen molar-refractivity contribution in [3.05, 3.63) is 30.1 Å². The van der Waals surface area contributed by atoms with Gasteiger partial charge in [-0.2, -0.15) is 20.1 Å². The van der Waals surface area contributed by atoms with Gasteiger partial charge in [-0.05, 0) is 12.1 Å². The number of anilines is 3. The summed E-state index contributed by atoms with van der Waals surface area (Å²) in [5.74, 6) is 1.66. The van der Waals surface area contributed by atoms with Crippen LogP contribution < -0.4 is 15.2 Å². The van der Waals surface area contributed by atoms with Crippen LogP contribution in [0.3, 0.4) is 0 Å². The lowest BCUT2D eigenvalue weighted by molar-refractivity contribution is 0.121. The molecule has 0 aromatic carbocycles. The van der Waals surface area contributed by atoms with Gasteiger partial charge in [-0.15, -0.1) is 0 Å². The molecule has 2 saturated heterocycles. The Morgan fingerprint density at radius 1 is 0.889 bits per heavy atom. The van der Waals surface area contributed by atoms with Crippen LogP contribution in [0, 0.1) is 0 Å². The molecule has 10 nitrogen and oxygen atoms in total. The van der Waals surface area contributed by atoms with Gasteiger partial charge in [0.2, 0.25) is 17.8 Å². The number of nitrogens with one attached hydrogen (secondary N) is 1. The zero-order chi connectivity index (χ0) is 18.3. The van der Waals surface area contributed by atoms with E-state index in [2.05, 4.69) is 40.3 Å². The standard InChI is InChI=1S/C17H22N8O2/c1-2-4-18-14(3-1)13-19-23-15-20-16(24-5-9-26-10-6-24)22-17(21-15)25-7-11-27-12-8-25/h1-4,13H,5-12H2,(H,20,21,22,23)/b19-13+. The van der Waals surface area contributed by atoms with E-state index < -0.39 is 0 Å². The maximum atomic E-state index is 5.43. The number of pyridine rings is 1. The Kier molecular flexibility index (Phi) is 5.65. The summed E-state index contributed by atoms with van der Waals surface area (Å²) in [4.78, 5) is 22.1. The van der Waals surface area contributed by atoms with Crippen molar-refractivity contribution in [2.75, 3.05) is 67.8 Å². The molecule has 0 bridgehead atoms. The molecule has 2 aliphatic heterocycles. The fraction of sp³-hybridized carbons (Fsp3) is 0.471. The molecule has 142 valence electrons. The van der Waals surface area contributed by atoms with E-state index in [0.29, 0.717) is 44.3 Å². The molecule has 4 heterocycles. The summed E-state index contributed by atoms with van der Waals surface area (Å²) in [6.07, 6.45) is 3.35. The molecule has 0 spiro atoms. The predicted molar refractivity (Wildman–Crippen MR) is 101 cm³/mol. The first-order valence-electron chi connectivity index (χ1n) is 9.00. The van der Waals surface area contributed by atoms with Crippen molar-refractivity contribution in [2.24, 2.45) is 5.10 Å². The van der Waals surface area contributed by atoms with Crippen LogP contribution in [0.5, 0.6) is 0 Å². The Bertz CT molecular complexity index is 725. The van der Waals surface area contributed by atoms with Gasteiger partial charge in [0.05, 0.1) is 38.3 Å². The van der Waals surface area contributed by atoms with E-state index in [1.54, 1.807) is 12.4 Å². The molecule has 2 aromatic heterocycles. The lowest BCUT2D eigenvalue weighted by Gasteiger charge is -2.30. The van der Waals surface area contributed by atoms with E-state index in [1.807, 2.05) is 18.2 Å². The highest BCUT2D eigenvalue weighted by Gasteiger charge is 2.20. The van der Waals surface area contributed by atoms with Gasteiger partial charge in [-0.25, -0.2) is 5.43 Å². The molecule has 27 heavy (non-hydrogen) atoms. The second-order valence-corrected chi connectivity index (χ2v) is 6.08. The highest BCUT2D eigenvalue weighted by atomic mass is 16.5. The molecule has 0 saturated carbocycles. The number of hydrogen-bond donors (Lipinski definition) is 1. The van der Waals surface area contributed by atoms with Crippen LogP contribution in [0.2, 0.25) is 0 Å². The number of nitrogens with zero attached hydrogens (tertiary/aromatic N) is 7. The molecule has 0 radical (unpaired) electrons. The summed E-state index contributed by atoms with van der Waals surface area (Å²) in [5, 5.41) is 4.21. The zero-order valence-electron chi connectivity index (χ0n) is 15.0. The SMILES string of the molecule is C(=N\Nc1nc(N2CCOCC2)nc(N2CCOCC2)n1)/c1ccccn1. The largest absolute Gasteiger partial charge is 0.378 e. The third-order valence-electron chi connectivity index (χ3n) is 4.25. The lowest BCUT2D eigenvalue weighted by atomic mass is 10.4. The molecule has 2 aliphatic rings. The molecular weight excluding hydrogens is 348 g/mol. The van der Waals surface area contributed by atoms with E-state index in [-0.39, 0.29) is 0 Å². The first kappa shape index (κ1) is 17.6. The Balaban J connectivity index is 1.55. The summed E-state index contributed by atoms with van der Waals surface area (Å²) in [7, 11) is 0. The number of hydrazone groups is 1. The van der Waals surface area contributed by atoms with Crippen LogP contribution in [-0.4, -0.2) is 78.8 Å². The van der Waals surface area contributed by atoms with Crippen molar-refractivity contribution >= 4 is 24.1 Å². The normalized spacial score (nSPS) is 18.1. The molecule has 0 unspecified atom stereocenters. The second kappa shape index (κ2) is 8.69. The Hall–Kier alpha value is -2.85. The molecule has 2 aromatic rings. The van der Waals surface area contributed by atoms with Crippen molar-refractivity contribution in [1.29, 1.82) is 0 Å². The van der Waals surface area contributed by atoms with Crippen LogP contribution in [0.4, 0.5) is 17.8 Å². The van der Waals surface area contributed by atoms with Crippen LogP contribution in [0.25, 0.3) is 0 Å². The predicted octanol–water partition coefficient (Wildman–Crippen LogP) is 0.386. The molecular formula is C17H22N8O2. The minimum atomic E-state index is 0.403. The Labute approximate surface area is 157 Å².